The molecule has 1 saturated heterocycles. The minimum atomic E-state index is -0.337. The van der Waals surface area contributed by atoms with Gasteiger partial charge in [-0.3, -0.25) is 4.79 Å². The van der Waals surface area contributed by atoms with Crippen molar-refractivity contribution in [3.63, 3.8) is 0 Å². The Balaban J connectivity index is 1.43. The lowest BCUT2D eigenvalue weighted by atomic mass is 10.1. The number of aromatic nitrogens is 4. The number of rotatable bonds is 5. The van der Waals surface area contributed by atoms with Gasteiger partial charge in [0.05, 0.1) is 0 Å². The summed E-state index contributed by atoms with van der Waals surface area (Å²) in [5.74, 6) is 1.01. The number of nitrogens with one attached hydrogen (secondary N) is 1. The largest absolute Gasteiger partial charge is 0.355 e. The first-order chi connectivity index (χ1) is 13.6. The second kappa shape index (κ2) is 7.92. The fourth-order valence-electron chi connectivity index (χ4n) is 3.39. The molecule has 3 aromatic rings. The van der Waals surface area contributed by atoms with E-state index in [0.717, 1.165) is 18.9 Å². The van der Waals surface area contributed by atoms with Gasteiger partial charge in [0.1, 0.15) is 11.6 Å². The van der Waals surface area contributed by atoms with Crippen molar-refractivity contribution in [1.29, 1.82) is 0 Å². The standard InChI is InChI=1S/C20H23FN6O/c1-14-5-6-15(13-16(14)21)22-20(28)10-9-18-24-23-17-7-8-19(25-27(17)18)26-11-3-2-4-12-26/h5-8,13H,2-4,9-12H2,1H3,(H,22,28). The molecule has 0 aliphatic carbocycles. The number of aryl methyl sites for hydroxylation is 2. The zero-order chi connectivity index (χ0) is 19.5. The van der Waals surface area contributed by atoms with Crippen molar-refractivity contribution in [2.45, 2.75) is 39.0 Å². The fourth-order valence-corrected chi connectivity index (χ4v) is 3.39. The second-order valence-corrected chi connectivity index (χ2v) is 7.14. The molecule has 1 fully saturated rings. The molecule has 28 heavy (non-hydrogen) atoms. The average Bonchev–Trinajstić information content (AvgIpc) is 3.12. The van der Waals surface area contributed by atoms with E-state index in [2.05, 4.69) is 25.5 Å². The number of halogens is 1. The summed E-state index contributed by atoms with van der Waals surface area (Å²) in [6, 6.07) is 8.53. The Morgan fingerprint density at radius 3 is 2.75 bits per heavy atom. The van der Waals surface area contributed by atoms with Gasteiger partial charge in [0.15, 0.2) is 11.5 Å². The van der Waals surface area contributed by atoms with Gasteiger partial charge in [0, 0.05) is 31.6 Å². The predicted octanol–water partition coefficient (Wildman–Crippen LogP) is 3.13. The highest BCUT2D eigenvalue weighted by Crippen LogP contribution is 2.18. The molecule has 7 nitrogen and oxygen atoms in total. The Kier molecular flexibility index (Phi) is 5.18. The molecular formula is C20H23FN6O. The van der Waals surface area contributed by atoms with E-state index in [0.29, 0.717) is 29.1 Å². The molecule has 3 heterocycles. The van der Waals surface area contributed by atoms with Crippen LogP contribution in [0.15, 0.2) is 30.3 Å². The van der Waals surface area contributed by atoms with E-state index < -0.39 is 0 Å². The number of nitrogens with zero attached hydrogens (tertiary/aromatic N) is 5. The van der Waals surface area contributed by atoms with Gasteiger partial charge in [-0.2, -0.15) is 4.52 Å². The zero-order valence-electron chi connectivity index (χ0n) is 15.9. The van der Waals surface area contributed by atoms with Gasteiger partial charge in [0.2, 0.25) is 5.91 Å². The highest BCUT2D eigenvalue weighted by atomic mass is 19.1. The van der Waals surface area contributed by atoms with Crippen LogP contribution < -0.4 is 10.2 Å². The lowest BCUT2D eigenvalue weighted by Crippen LogP contribution is -2.30. The normalized spacial score (nSPS) is 14.4. The third-order valence-electron chi connectivity index (χ3n) is 5.02. The molecule has 1 aromatic carbocycles. The zero-order valence-corrected chi connectivity index (χ0v) is 15.9. The Bertz CT molecular complexity index is 996. The third-order valence-corrected chi connectivity index (χ3v) is 5.02. The third kappa shape index (κ3) is 3.95. The number of hydrogen-bond acceptors (Lipinski definition) is 5. The van der Waals surface area contributed by atoms with Gasteiger partial charge in [-0.1, -0.05) is 6.07 Å². The van der Waals surface area contributed by atoms with Crippen molar-refractivity contribution < 1.29 is 9.18 Å². The van der Waals surface area contributed by atoms with Crippen LogP contribution in [0.1, 0.15) is 37.1 Å². The highest BCUT2D eigenvalue weighted by Gasteiger charge is 2.15. The molecule has 4 rings (SSSR count). The van der Waals surface area contributed by atoms with Gasteiger partial charge in [-0.15, -0.1) is 15.3 Å². The first-order valence-corrected chi connectivity index (χ1v) is 9.62. The van der Waals surface area contributed by atoms with Crippen molar-refractivity contribution in [2.24, 2.45) is 0 Å². The summed E-state index contributed by atoms with van der Waals surface area (Å²) in [5, 5.41) is 15.7. The summed E-state index contributed by atoms with van der Waals surface area (Å²) in [5.41, 5.74) is 1.66. The van der Waals surface area contributed by atoms with Gasteiger partial charge >= 0.3 is 0 Å². The summed E-state index contributed by atoms with van der Waals surface area (Å²) in [6.07, 6.45) is 4.23. The molecule has 0 spiro atoms. The van der Waals surface area contributed by atoms with E-state index in [1.807, 2.05) is 12.1 Å². The van der Waals surface area contributed by atoms with Crippen molar-refractivity contribution in [3.05, 3.63) is 47.5 Å². The molecule has 1 aliphatic rings. The van der Waals surface area contributed by atoms with Crippen LogP contribution in [0.5, 0.6) is 0 Å². The van der Waals surface area contributed by atoms with Crippen molar-refractivity contribution in [2.75, 3.05) is 23.3 Å². The minimum absolute atomic E-state index is 0.202. The number of hydrogen-bond donors (Lipinski definition) is 1. The first-order valence-electron chi connectivity index (χ1n) is 9.62. The maximum absolute atomic E-state index is 13.6. The van der Waals surface area contributed by atoms with Crippen LogP contribution >= 0.6 is 0 Å². The Hall–Kier alpha value is -3.03. The lowest BCUT2D eigenvalue weighted by Gasteiger charge is -2.27. The van der Waals surface area contributed by atoms with Crippen LogP contribution in [-0.2, 0) is 11.2 Å². The molecule has 1 aliphatic heterocycles. The van der Waals surface area contributed by atoms with Crippen LogP contribution in [0.3, 0.4) is 0 Å². The molecule has 0 saturated carbocycles. The molecule has 8 heteroatoms. The van der Waals surface area contributed by atoms with Gasteiger partial charge in [-0.25, -0.2) is 4.39 Å². The number of fused-ring (bicyclic) bond motifs is 1. The van der Waals surface area contributed by atoms with E-state index in [1.54, 1.807) is 23.6 Å². The first kappa shape index (κ1) is 18.3. The molecule has 1 N–H and O–H groups in total. The molecule has 2 aromatic heterocycles. The second-order valence-electron chi connectivity index (χ2n) is 7.14. The number of benzene rings is 1. The van der Waals surface area contributed by atoms with Crippen LogP contribution in [-0.4, -0.2) is 38.8 Å². The maximum Gasteiger partial charge on any atom is 0.224 e. The molecule has 1 amide bonds. The summed E-state index contributed by atoms with van der Waals surface area (Å²) in [6.45, 7) is 3.69. The van der Waals surface area contributed by atoms with Gasteiger partial charge < -0.3 is 10.2 Å². The molecule has 146 valence electrons. The van der Waals surface area contributed by atoms with E-state index in [1.165, 1.54) is 25.3 Å². The van der Waals surface area contributed by atoms with E-state index in [4.69, 9.17) is 0 Å². The maximum atomic E-state index is 13.6. The summed E-state index contributed by atoms with van der Waals surface area (Å²) < 4.78 is 15.3. The summed E-state index contributed by atoms with van der Waals surface area (Å²) in [4.78, 5) is 14.5. The van der Waals surface area contributed by atoms with Crippen molar-refractivity contribution >= 4 is 23.1 Å². The summed E-state index contributed by atoms with van der Waals surface area (Å²) in [7, 11) is 0. The highest BCUT2D eigenvalue weighted by molar-refractivity contribution is 5.90. The lowest BCUT2D eigenvalue weighted by molar-refractivity contribution is -0.116. The Labute approximate surface area is 162 Å². The van der Waals surface area contributed by atoms with E-state index in [9.17, 15) is 9.18 Å². The molecule has 0 unspecified atom stereocenters. The van der Waals surface area contributed by atoms with Crippen molar-refractivity contribution in [3.8, 4) is 0 Å². The smallest absolute Gasteiger partial charge is 0.224 e. The monoisotopic (exact) mass is 382 g/mol. The fraction of sp³-hybridized carbons (Fsp3) is 0.400. The molecule has 0 radical (unpaired) electrons. The van der Waals surface area contributed by atoms with Crippen LogP contribution in [0.25, 0.3) is 5.65 Å². The Morgan fingerprint density at radius 2 is 1.96 bits per heavy atom. The van der Waals surface area contributed by atoms with Crippen molar-refractivity contribution in [1.82, 2.24) is 19.8 Å². The topological polar surface area (TPSA) is 75.4 Å². The van der Waals surface area contributed by atoms with Gasteiger partial charge in [-0.05, 0) is 56.0 Å². The number of amides is 1. The summed E-state index contributed by atoms with van der Waals surface area (Å²) >= 11 is 0. The molecule has 0 atom stereocenters. The number of carbonyl (C=O) groups is 1. The minimum Gasteiger partial charge on any atom is -0.355 e. The predicted molar refractivity (Wildman–Crippen MR) is 105 cm³/mol. The number of piperidine rings is 1. The van der Waals surface area contributed by atoms with Crippen LogP contribution in [0, 0.1) is 12.7 Å². The van der Waals surface area contributed by atoms with Crippen LogP contribution in [0.4, 0.5) is 15.9 Å². The average molecular weight is 382 g/mol. The SMILES string of the molecule is Cc1ccc(NC(=O)CCc2nnc3ccc(N4CCCCC4)nn23)cc1F. The number of anilines is 2. The Morgan fingerprint density at radius 1 is 1.14 bits per heavy atom. The van der Waals surface area contributed by atoms with Crippen LogP contribution in [0.2, 0.25) is 0 Å². The van der Waals surface area contributed by atoms with E-state index in [-0.39, 0.29) is 18.1 Å². The quantitative estimate of drug-likeness (QED) is 0.734. The molecule has 0 bridgehead atoms. The van der Waals surface area contributed by atoms with E-state index >= 15 is 0 Å². The number of carbonyl (C=O) groups excluding carboxylic acids is 1. The molecular weight excluding hydrogens is 359 g/mol. The van der Waals surface area contributed by atoms with Gasteiger partial charge in [0.25, 0.3) is 0 Å².